The van der Waals surface area contributed by atoms with E-state index >= 15 is 0 Å². The second-order valence-electron chi connectivity index (χ2n) is 2.75. The van der Waals surface area contributed by atoms with Crippen molar-refractivity contribution < 1.29 is 9.13 Å². The van der Waals surface area contributed by atoms with Crippen molar-refractivity contribution in [2.24, 2.45) is 0 Å². The van der Waals surface area contributed by atoms with Crippen molar-refractivity contribution in [1.29, 1.82) is 0 Å². The van der Waals surface area contributed by atoms with E-state index in [0.717, 1.165) is 6.54 Å². The van der Waals surface area contributed by atoms with Crippen LogP contribution in [0, 0.1) is 5.82 Å². The van der Waals surface area contributed by atoms with E-state index in [1.54, 1.807) is 18.2 Å². The predicted octanol–water partition coefficient (Wildman–Crippen LogP) is 1.56. The van der Waals surface area contributed by atoms with Gasteiger partial charge in [0.05, 0.1) is 13.2 Å². The lowest BCUT2D eigenvalue weighted by Gasteiger charge is -2.04. The van der Waals surface area contributed by atoms with Crippen LogP contribution in [0.25, 0.3) is 0 Å². The zero-order valence-corrected chi connectivity index (χ0v) is 7.72. The van der Waals surface area contributed by atoms with Crippen molar-refractivity contribution in [2.75, 3.05) is 20.2 Å². The monoisotopic (exact) mass is 183 g/mol. The third-order valence-corrected chi connectivity index (χ3v) is 1.71. The first-order chi connectivity index (χ1) is 6.34. The zero-order chi connectivity index (χ0) is 9.52. The zero-order valence-electron chi connectivity index (χ0n) is 7.72. The van der Waals surface area contributed by atoms with Crippen molar-refractivity contribution >= 4 is 0 Å². The minimum absolute atomic E-state index is 0.202. The van der Waals surface area contributed by atoms with Crippen LogP contribution in [0.4, 0.5) is 4.39 Å². The SMILES string of the molecule is CNCCOCc1ccccc1F. The maximum atomic E-state index is 13.0. The van der Waals surface area contributed by atoms with Crippen LogP contribution in [0.2, 0.25) is 0 Å². The summed E-state index contributed by atoms with van der Waals surface area (Å²) in [6.07, 6.45) is 0. The number of likely N-dealkylation sites (N-methyl/N-ethyl adjacent to an activating group) is 1. The molecule has 2 nitrogen and oxygen atoms in total. The first-order valence-corrected chi connectivity index (χ1v) is 4.30. The Hall–Kier alpha value is -0.930. The van der Waals surface area contributed by atoms with Gasteiger partial charge in [0, 0.05) is 12.1 Å². The van der Waals surface area contributed by atoms with Gasteiger partial charge in [0.15, 0.2) is 0 Å². The van der Waals surface area contributed by atoms with Crippen LogP contribution in [0.15, 0.2) is 24.3 Å². The van der Waals surface area contributed by atoms with Crippen LogP contribution < -0.4 is 5.32 Å². The largest absolute Gasteiger partial charge is 0.375 e. The molecule has 0 saturated heterocycles. The lowest BCUT2D eigenvalue weighted by molar-refractivity contribution is 0.121. The van der Waals surface area contributed by atoms with Crippen LogP contribution in [-0.4, -0.2) is 20.2 Å². The van der Waals surface area contributed by atoms with Crippen molar-refractivity contribution in [3.05, 3.63) is 35.6 Å². The number of halogens is 1. The van der Waals surface area contributed by atoms with E-state index in [-0.39, 0.29) is 5.82 Å². The fourth-order valence-corrected chi connectivity index (χ4v) is 0.972. The number of ether oxygens (including phenoxy) is 1. The predicted molar refractivity (Wildman–Crippen MR) is 50.0 cm³/mol. The summed E-state index contributed by atoms with van der Waals surface area (Å²) >= 11 is 0. The Balaban J connectivity index is 2.32. The molecule has 0 unspecified atom stereocenters. The Morgan fingerprint density at radius 2 is 2.15 bits per heavy atom. The Kier molecular flexibility index (Phi) is 4.43. The lowest BCUT2D eigenvalue weighted by atomic mass is 10.2. The molecule has 0 aromatic heterocycles. The average Bonchev–Trinajstić information content (AvgIpc) is 2.15. The van der Waals surface area contributed by atoms with E-state index in [9.17, 15) is 4.39 Å². The maximum Gasteiger partial charge on any atom is 0.128 e. The van der Waals surface area contributed by atoms with Crippen LogP contribution in [0.3, 0.4) is 0 Å². The number of rotatable bonds is 5. The third-order valence-electron chi connectivity index (χ3n) is 1.71. The van der Waals surface area contributed by atoms with Gasteiger partial charge >= 0.3 is 0 Å². The minimum atomic E-state index is -0.202. The Morgan fingerprint density at radius 1 is 1.38 bits per heavy atom. The van der Waals surface area contributed by atoms with Crippen LogP contribution >= 0.6 is 0 Å². The highest BCUT2D eigenvalue weighted by molar-refractivity contribution is 5.16. The molecule has 72 valence electrons. The third kappa shape index (κ3) is 3.53. The summed E-state index contributed by atoms with van der Waals surface area (Å²) in [5.41, 5.74) is 0.610. The Morgan fingerprint density at radius 3 is 2.85 bits per heavy atom. The molecular weight excluding hydrogens is 169 g/mol. The van der Waals surface area contributed by atoms with Gasteiger partial charge in [-0.3, -0.25) is 0 Å². The van der Waals surface area contributed by atoms with Gasteiger partial charge in [0.25, 0.3) is 0 Å². The molecular formula is C10H14FNO. The molecule has 0 atom stereocenters. The summed E-state index contributed by atoms with van der Waals surface area (Å²) in [6, 6.07) is 6.65. The molecule has 1 rings (SSSR count). The van der Waals surface area contributed by atoms with E-state index in [1.165, 1.54) is 6.07 Å². The van der Waals surface area contributed by atoms with E-state index in [4.69, 9.17) is 4.74 Å². The number of nitrogens with one attached hydrogen (secondary N) is 1. The van der Waals surface area contributed by atoms with Gasteiger partial charge in [-0.2, -0.15) is 0 Å². The molecule has 0 amide bonds. The molecule has 1 aromatic rings. The number of hydrogen-bond donors (Lipinski definition) is 1. The van der Waals surface area contributed by atoms with Crippen LogP contribution in [0.1, 0.15) is 5.56 Å². The topological polar surface area (TPSA) is 21.3 Å². The second-order valence-corrected chi connectivity index (χ2v) is 2.75. The first kappa shape index (κ1) is 10.2. The first-order valence-electron chi connectivity index (χ1n) is 4.30. The number of benzene rings is 1. The molecule has 0 heterocycles. The Labute approximate surface area is 77.7 Å². The van der Waals surface area contributed by atoms with Crippen LogP contribution in [-0.2, 0) is 11.3 Å². The summed E-state index contributed by atoms with van der Waals surface area (Å²) in [6.45, 7) is 1.73. The number of hydrogen-bond acceptors (Lipinski definition) is 2. The van der Waals surface area contributed by atoms with Gasteiger partial charge in [-0.05, 0) is 13.1 Å². The van der Waals surface area contributed by atoms with Crippen molar-refractivity contribution in [3.63, 3.8) is 0 Å². The standard InChI is InChI=1S/C10H14FNO/c1-12-6-7-13-8-9-4-2-3-5-10(9)11/h2-5,12H,6-8H2,1H3. The van der Waals surface area contributed by atoms with Crippen LogP contribution in [0.5, 0.6) is 0 Å². The van der Waals surface area contributed by atoms with Gasteiger partial charge in [0.2, 0.25) is 0 Å². The molecule has 13 heavy (non-hydrogen) atoms. The summed E-state index contributed by atoms with van der Waals surface area (Å²) in [5, 5.41) is 2.95. The molecule has 0 aliphatic heterocycles. The molecule has 0 fully saturated rings. The molecule has 0 radical (unpaired) electrons. The quantitative estimate of drug-likeness (QED) is 0.699. The van der Waals surface area contributed by atoms with E-state index in [2.05, 4.69) is 5.32 Å². The molecule has 1 aromatic carbocycles. The highest BCUT2D eigenvalue weighted by atomic mass is 19.1. The van der Waals surface area contributed by atoms with Gasteiger partial charge in [-0.25, -0.2) is 4.39 Å². The van der Waals surface area contributed by atoms with E-state index in [1.807, 2.05) is 7.05 Å². The van der Waals surface area contributed by atoms with Gasteiger partial charge in [0.1, 0.15) is 5.82 Å². The molecule has 0 bridgehead atoms. The van der Waals surface area contributed by atoms with E-state index < -0.39 is 0 Å². The Bertz CT molecular complexity index is 252. The molecule has 0 spiro atoms. The molecule has 0 saturated carbocycles. The van der Waals surface area contributed by atoms with Gasteiger partial charge in [-0.15, -0.1) is 0 Å². The fraction of sp³-hybridized carbons (Fsp3) is 0.400. The van der Waals surface area contributed by atoms with Crippen molar-refractivity contribution in [2.45, 2.75) is 6.61 Å². The summed E-state index contributed by atoms with van der Waals surface area (Å²) in [7, 11) is 1.85. The molecule has 3 heteroatoms. The molecule has 1 N–H and O–H groups in total. The molecule has 0 aliphatic rings. The van der Waals surface area contributed by atoms with Crippen molar-refractivity contribution in [1.82, 2.24) is 5.32 Å². The van der Waals surface area contributed by atoms with Crippen molar-refractivity contribution in [3.8, 4) is 0 Å². The highest BCUT2D eigenvalue weighted by Gasteiger charge is 1.98. The maximum absolute atomic E-state index is 13.0. The van der Waals surface area contributed by atoms with Gasteiger partial charge < -0.3 is 10.1 Å². The minimum Gasteiger partial charge on any atom is -0.375 e. The molecule has 0 aliphatic carbocycles. The smallest absolute Gasteiger partial charge is 0.128 e. The average molecular weight is 183 g/mol. The normalized spacial score (nSPS) is 10.3. The van der Waals surface area contributed by atoms with Gasteiger partial charge in [-0.1, -0.05) is 18.2 Å². The van der Waals surface area contributed by atoms with E-state index in [0.29, 0.717) is 18.8 Å². The summed E-state index contributed by atoms with van der Waals surface area (Å²) < 4.78 is 18.2. The fourth-order valence-electron chi connectivity index (χ4n) is 0.972. The second kappa shape index (κ2) is 5.67. The lowest BCUT2D eigenvalue weighted by Crippen LogP contribution is -2.14. The summed E-state index contributed by atoms with van der Waals surface area (Å²) in [5.74, 6) is -0.202. The highest BCUT2D eigenvalue weighted by Crippen LogP contribution is 2.06. The summed E-state index contributed by atoms with van der Waals surface area (Å²) in [4.78, 5) is 0.